The Kier molecular flexibility index (Phi) is 6.99. The Labute approximate surface area is 182 Å². The second-order valence-electron chi connectivity index (χ2n) is 7.47. The summed E-state index contributed by atoms with van der Waals surface area (Å²) >= 11 is 0. The van der Waals surface area contributed by atoms with E-state index in [0.717, 1.165) is 13.1 Å². The maximum Gasteiger partial charge on any atom is 0.451 e. The molecule has 0 fully saturated rings. The standard InChI is InChI=1S/C19H19F3N4O5S/c1-18(2,3)31-17(27)26(4)32(28,29)11-12-5-7-14(8-6-12)30-15-9-13(10-23)24-16(25-15)19(20,21)22/h5-9H,11H2,1-4H3. The third kappa shape index (κ3) is 6.81. The van der Waals surface area contributed by atoms with E-state index < -0.39 is 51.0 Å². The van der Waals surface area contributed by atoms with Gasteiger partial charge in [0.15, 0.2) is 0 Å². The number of ether oxygens (including phenoxy) is 2. The van der Waals surface area contributed by atoms with Crippen LogP contribution in [0.3, 0.4) is 0 Å². The zero-order chi connectivity index (χ0) is 24.3. The minimum Gasteiger partial charge on any atom is -0.443 e. The number of nitriles is 1. The molecule has 0 aliphatic heterocycles. The number of amides is 1. The Morgan fingerprint density at radius 3 is 2.25 bits per heavy atom. The number of carbonyl (C=O) groups is 1. The summed E-state index contributed by atoms with van der Waals surface area (Å²) in [6.07, 6.45) is -5.90. The van der Waals surface area contributed by atoms with Crippen molar-refractivity contribution in [2.75, 3.05) is 7.05 Å². The van der Waals surface area contributed by atoms with Gasteiger partial charge in [0.1, 0.15) is 23.1 Å². The fourth-order valence-electron chi connectivity index (χ4n) is 2.18. The first-order valence-electron chi connectivity index (χ1n) is 8.93. The van der Waals surface area contributed by atoms with Crippen LogP contribution in [-0.4, -0.2) is 41.4 Å². The molecule has 0 radical (unpaired) electrons. The lowest BCUT2D eigenvalue weighted by atomic mass is 10.2. The molecule has 1 heterocycles. The molecular formula is C19H19F3N4O5S. The van der Waals surface area contributed by atoms with E-state index >= 15 is 0 Å². The second-order valence-corrected chi connectivity index (χ2v) is 9.47. The maximum absolute atomic E-state index is 12.9. The van der Waals surface area contributed by atoms with E-state index in [1.165, 1.54) is 30.3 Å². The second kappa shape index (κ2) is 8.99. The maximum atomic E-state index is 12.9. The molecule has 0 N–H and O–H groups in total. The van der Waals surface area contributed by atoms with E-state index in [-0.39, 0.29) is 11.3 Å². The third-order valence-electron chi connectivity index (χ3n) is 3.63. The highest BCUT2D eigenvalue weighted by molar-refractivity contribution is 7.88. The molecule has 0 unspecified atom stereocenters. The van der Waals surface area contributed by atoms with Crippen LogP contribution >= 0.6 is 0 Å². The van der Waals surface area contributed by atoms with Gasteiger partial charge in [0, 0.05) is 13.1 Å². The van der Waals surface area contributed by atoms with Crippen LogP contribution < -0.4 is 4.74 Å². The Bertz CT molecular complexity index is 1140. The number of sulfonamides is 1. The molecule has 0 atom stereocenters. The summed E-state index contributed by atoms with van der Waals surface area (Å²) in [6, 6.07) is 7.75. The number of benzene rings is 1. The smallest absolute Gasteiger partial charge is 0.443 e. The molecule has 0 aliphatic carbocycles. The van der Waals surface area contributed by atoms with Gasteiger partial charge in [0.2, 0.25) is 21.7 Å². The molecule has 1 aromatic carbocycles. The number of hydrogen-bond donors (Lipinski definition) is 0. The van der Waals surface area contributed by atoms with E-state index in [1.807, 2.05) is 0 Å². The average Bonchev–Trinajstić information content (AvgIpc) is 2.66. The number of rotatable bonds is 5. The highest BCUT2D eigenvalue weighted by atomic mass is 32.2. The Hall–Kier alpha value is -3.40. The SMILES string of the molecule is CN(C(=O)OC(C)(C)C)S(=O)(=O)Cc1ccc(Oc2cc(C#N)nc(C(F)(F)F)n2)cc1. The van der Waals surface area contributed by atoms with Gasteiger partial charge in [0.05, 0.1) is 5.75 Å². The van der Waals surface area contributed by atoms with Gasteiger partial charge in [-0.2, -0.15) is 23.4 Å². The van der Waals surface area contributed by atoms with Crippen LogP contribution in [0.5, 0.6) is 11.6 Å². The first-order valence-corrected chi connectivity index (χ1v) is 10.5. The number of nitrogens with zero attached hydrogens (tertiary/aromatic N) is 4. The van der Waals surface area contributed by atoms with Crippen molar-refractivity contribution in [3.05, 3.63) is 47.4 Å². The molecule has 13 heteroatoms. The van der Waals surface area contributed by atoms with Crippen molar-refractivity contribution in [3.8, 4) is 17.7 Å². The van der Waals surface area contributed by atoms with Crippen LogP contribution in [0.2, 0.25) is 0 Å². The fraction of sp³-hybridized carbons (Fsp3) is 0.368. The molecule has 2 aromatic rings. The predicted octanol–water partition coefficient (Wildman–Crippen LogP) is 3.86. The van der Waals surface area contributed by atoms with Gasteiger partial charge in [-0.15, -0.1) is 0 Å². The molecule has 9 nitrogen and oxygen atoms in total. The number of aromatic nitrogens is 2. The van der Waals surface area contributed by atoms with Gasteiger partial charge in [0.25, 0.3) is 0 Å². The minimum atomic E-state index is -4.87. The molecule has 1 aromatic heterocycles. The van der Waals surface area contributed by atoms with Gasteiger partial charge in [-0.05, 0) is 38.5 Å². The molecular weight excluding hydrogens is 453 g/mol. The van der Waals surface area contributed by atoms with Crippen LogP contribution in [0.1, 0.15) is 37.9 Å². The topological polar surface area (TPSA) is 122 Å². The predicted molar refractivity (Wildman–Crippen MR) is 105 cm³/mol. The lowest BCUT2D eigenvalue weighted by Crippen LogP contribution is -2.38. The van der Waals surface area contributed by atoms with Crippen molar-refractivity contribution in [1.29, 1.82) is 5.26 Å². The van der Waals surface area contributed by atoms with Crippen molar-refractivity contribution >= 4 is 16.1 Å². The van der Waals surface area contributed by atoms with E-state index in [9.17, 15) is 26.4 Å². The molecule has 0 aliphatic rings. The Morgan fingerprint density at radius 1 is 1.16 bits per heavy atom. The summed E-state index contributed by atoms with van der Waals surface area (Å²) in [5.41, 5.74) is -1.13. The van der Waals surface area contributed by atoms with Crippen molar-refractivity contribution < 1.29 is 35.9 Å². The van der Waals surface area contributed by atoms with Crippen LogP contribution in [0.4, 0.5) is 18.0 Å². The van der Waals surface area contributed by atoms with Crippen molar-refractivity contribution in [2.45, 2.75) is 38.3 Å². The van der Waals surface area contributed by atoms with Crippen LogP contribution in [-0.2, 0) is 26.7 Å². The number of halogens is 3. The summed E-state index contributed by atoms with van der Waals surface area (Å²) in [4.78, 5) is 18.3. The van der Waals surface area contributed by atoms with Gasteiger partial charge in [-0.25, -0.2) is 22.5 Å². The first-order chi connectivity index (χ1) is 14.6. The van der Waals surface area contributed by atoms with E-state index in [0.29, 0.717) is 4.31 Å². The normalized spacial score (nSPS) is 12.1. The highest BCUT2D eigenvalue weighted by Gasteiger charge is 2.36. The molecule has 2 rings (SSSR count). The Morgan fingerprint density at radius 2 is 1.75 bits per heavy atom. The zero-order valence-electron chi connectivity index (χ0n) is 17.5. The molecule has 0 saturated heterocycles. The molecule has 0 saturated carbocycles. The number of alkyl halides is 3. The van der Waals surface area contributed by atoms with Crippen molar-refractivity contribution in [1.82, 2.24) is 14.3 Å². The minimum absolute atomic E-state index is 0.0439. The lowest BCUT2D eigenvalue weighted by Gasteiger charge is -2.24. The fourth-order valence-corrected chi connectivity index (χ4v) is 3.25. The summed E-state index contributed by atoms with van der Waals surface area (Å²) < 4.78 is 74.2. The summed E-state index contributed by atoms with van der Waals surface area (Å²) in [6.45, 7) is 4.79. The van der Waals surface area contributed by atoms with Crippen LogP contribution in [0, 0.1) is 11.3 Å². The van der Waals surface area contributed by atoms with E-state index in [2.05, 4.69) is 9.97 Å². The molecule has 172 valence electrons. The number of hydrogen-bond acceptors (Lipinski definition) is 8. The van der Waals surface area contributed by atoms with Gasteiger partial charge in [-0.3, -0.25) is 0 Å². The van der Waals surface area contributed by atoms with E-state index in [1.54, 1.807) is 20.8 Å². The summed E-state index contributed by atoms with van der Waals surface area (Å²) in [7, 11) is -2.98. The van der Waals surface area contributed by atoms with Gasteiger partial charge >= 0.3 is 12.3 Å². The third-order valence-corrected chi connectivity index (χ3v) is 5.32. The van der Waals surface area contributed by atoms with Crippen molar-refractivity contribution in [2.24, 2.45) is 0 Å². The van der Waals surface area contributed by atoms with Crippen LogP contribution in [0.15, 0.2) is 30.3 Å². The van der Waals surface area contributed by atoms with E-state index in [4.69, 9.17) is 14.7 Å². The number of carbonyl (C=O) groups excluding carboxylic acids is 1. The Balaban J connectivity index is 2.16. The quantitative estimate of drug-likeness (QED) is 0.643. The first kappa shape index (κ1) is 24.9. The lowest BCUT2D eigenvalue weighted by molar-refractivity contribution is -0.145. The summed E-state index contributed by atoms with van der Waals surface area (Å²) in [5, 5.41) is 8.85. The molecule has 0 spiro atoms. The van der Waals surface area contributed by atoms with Gasteiger partial charge in [-0.1, -0.05) is 12.1 Å². The highest BCUT2D eigenvalue weighted by Crippen LogP contribution is 2.29. The summed E-state index contributed by atoms with van der Waals surface area (Å²) in [5.74, 6) is -2.52. The monoisotopic (exact) mass is 472 g/mol. The van der Waals surface area contributed by atoms with Crippen LogP contribution in [0.25, 0.3) is 0 Å². The molecule has 1 amide bonds. The van der Waals surface area contributed by atoms with Gasteiger partial charge < -0.3 is 9.47 Å². The molecule has 0 bridgehead atoms. The molecule has 32 heavy (non-hydrogen) atoms. The largest absolute Gasteiger partial charge is 0.451 e. The van der Waals surface area contributed by atoms with Crippen molar-refractivity contribution in [3.63, 3.8) is 0 Å². The zero-order valence-corrected chi connectivity index (χ0v) is 18.3. The average molecular weight is 472 g/mol.